The number of halogens is 3. The number of carbonyl (C=O) groups is 2. The number of carboxylic acids is 1. The molecule has 0 saturated heterocycles. The van der Waals surface area contributed by atoms with E-state index < -0.39 is 13.1 Å². The molecule has 8 aromatic rings. The maximum absolute atomic E-state index is 12.6. The first-order valence-corrected chi connectivity index (χ1v) is 20.4. The summed E-state index contributed by atoms with van der Waals surface area (Å²) in [4.78, 5) is 48.4. The molecule has 20 heteroatoms. The third-order valence-corrected chi connectivity index (χ3v) is 10.4. The number of fused-ring (bicyclic) bond motifs is 2. The number of imidazole rings is 2. The molecule has 0 atom stereocenters. The summed E-state index contributed by atoms with van der Waals surface area (Å²) in [5, 5.41) is 14.8. The molecule has 6 heterocycles. The Balaban J connectivity index is 0.000000234. The number of alkyl halides is 1. The number of hydrogen-bond acceptors (Lipinski definition) is 13. The SMILES string of the molecule is C.Cc1cc(N)nc(C)c1CN.Cc1cc(N)nc(C)c1CNC(=O)c1cn(Cc2ccc3ncc(Cl)cc3c2)c(N)n1.Nc1nc(C(=O)O)cn1Cc1ccc2ncc(Cl)cc2c1.[2H]CF. The molecule has 0 spiro atoms. The van der Waals surface area contributed by atoms with Crippen molar-refractivity contribution < 1.29 is 20.5 Å². The first kappa shape index (κ1) is 49.6. The van der Waals surface area contributed by atoms with Gasteiger partial charge in [0.2, 0.25) is 11.9 Å². The van der Waals surface area contributed by atoms with E-state index in [1.54, 1.807) is 33.8 Å². The standard InChI is InChI=1S/C22H22ClN7O.C14H11ClN4O2.C8H13N3.CH3F.CH4/c1-12-5-20(24)28-13(2)17(12)9-27-21(31)19-11-30(22(25)29-19)10-14-3-4-18-15(6-14)7-16(23)8-26-18;15-10-4-9-3-8(1-2-11(9)17-5-10)6-19-7-12(13(20)21)18-14(19)16;1-5-3-8(10)11-6(2)7(5)4-9;1-2;/h3-8,11H,9-10H2,1-2H3,(H2,24,28)(H2,25,29)(H,27,31);1-5,7H,6H2,(H2,16,18)(H,20,21);3H,4,9H2,1-2H3,(H2,10,11);1H3;1H4/i;;;1D;. The lowest BCUT2D eigenvalue weighted by molar-refractivity contribution is 0.0690. The molecule has 346 valence electrons. The van der Waals surface area contributed by atoms with Crippen molar-refractivity contribution in [3.8, 4) is 0 Å². The molecule has 0 aliphatic rings. The molecule has 0 bridgehead atoms. The van der Waals surface area contributed by atoms with Gasteiger partial charge in [0.1, 0.15) is 17.3 Å². The molecular weight excluding hydrogens is 887 g/mol. The van der Waals surface area contributed by atoms with Gasteiger partial charge in [0, 0.05) is 60.0 Å². The summed E-state index contributed by atoms with van der Waals surface area (Å²) in [5.41, 5.74) is 38.2. The highest BCUT2D eigenvalue weighted by Gasteiger charge is 2.15. The second-order valence-electron chi connectivity index (χ2n) is 14.6. The number of aryl methyl sites for hydroxylation is 4. The highest BCUT2D eigenvalue weighted by Crippen LogP contribution is 2.22. The Bertz CT molecular complexity index is 2970. The number of benzene rings is 2. The zero-order valence-corrected chi connectivity index (χ0v) is 37.5. The van der Waals surface area contributed by atoms with Gasteiger partial charge in [-0.3, -0.25) is 19.2 Å². The number of carboxylic acid groups (broad SMARTS) is 1. The van der Waals surface area contributed by atoms with E-state index in [2.05, 4.69) is 35.2 Å². The Morgan fingerprint density at radius 2 is 1.15 bits per heavy atom. The van der Waals surface area contributed by atoms with Gasteiger partial charge in [0.05, 0.1) is 42.7 Å². The fraction of sp³-hybridized carbons (Fsp3) is 0.217. The van der Waals surface area contributed by atoms with E-state index in [4.69, 9.17) is 58.3 Å². The van der Waals surface area contributed by atoms with Crippen LogP contribution in [-0.4, -0.2) is 63.2 Å². The van der Waals surface area contributed by atoms with Crippen LogP contribution in [0.15, 0.2) is 85.5 Å². The van der Waals surface area contributed by atoms with Crippen LogP contribution in [0.2, 0.25) is 10.0 Å². The number of rotatable bonds is 9. The van der Waals surface area contributed by atoms with E-state index in [-0.39, 0.29) is 36.6 Å². The van der Waals surface area contributed by atoms with Crippen molar-refractivity contribution in [2.45, 2.75) is 61.3 Å². The van der Waals surface area contributed by atoms with Gasteiger partial charge in [0.15, 0.2) is 5.69 Å². The van der Waals surface area contributed by atoms with Crippen LogP contribution >= 0.6 is 23.2 Å². The number of aromatic carboxylic acids is 1. The minimum Gasteiger partial charge on any atom is -0.476 e. The number of nitrogens with one attached hydrogen (secondary N) is 1. The number of pyridine rings is 4. The van der Waals surface area contributed by atoms with Crippen LogP contribution in [0.4, 0.5) is 27.9 Å². The lowest BCUT2D eigenvalue weighted by Gasteiger charge is -2.10. The number of amides is 1. The van der Waals surface area contributed by atoms with Crippen LogP contribution in [-0.2, 0) is 26.2 Å². The third kappa shape index (κ3) is 13.1. The highest BCUT2D eigenvalue weighted by molar-refractivity contribution is 6.31. The Morgan fingerprint density at radius 1 is 0.712 bits per heavy atom. The second-order valence-corrected chi connectivity index (χ2v) is 15.5. The molecule has 0 fully saturated rings. The number of nitrogen functional groups attached to an aromatic ring is 4. The van der Waals surface area contributed by atoms with Crippen molar-refractivity contribution in [3.63, 3.8) is 0 Å². The first-order chi connectivity index (χ1) is 31.4. The summed E-state index contributed by atoms with van der Waals surface area (Å²) in [5.74, 6) is 0.0405. The predicted octanol–water partition coefficient (Wildman–Crippen LogP) is 7.61. The molecule has 0 saturated carbocycles. The summed E-state index contributed by atoms with van der Waals surface area (Å²) in [6.07, 6.45) is 6.27. The van der Waals surface area contributed by atoms with Crippen LogP contribution in [0.1, 0.15) is 74.5 Å². The van der Waals surface area contributed by atoms with E-state index in [1.165, 1.54) is 6.20 Å². The fourth-order valence-electron chi connectivity index (χ4n) is 6.84. The molecular formula is C46H53Cl2FN14O3. The van der Waals surface area contributed by atoms with Gasteiger partial charge in [-0.25, -0.2) is 24.7 Å². The minimum atomic E-state index is -1.10. The zero-order valence-electron chi connectivity index (χ0n) is 37.0. The average Bonchev–Trinajstić information content (AvgIpc) is 3.81. The van der Waals surface area contributed by atoms with Crippen molar-refractivity contribution in [1.82, 2.24) is 44.4 Å². The van der Waals surface area contributed by atoms with E-state index >= 15 is 0 Å². The Morgan fingerprint density at radius 3 is 1.58 bits per heavy atom. The largest absolute Gasteiger partial charge is 0.476 e. The summed E-state index contributed by atoms with van der Waals surface area (Å²) in [6.45, 7) is 9.47. The van der Waals surface area contributed by atoms with Crippen LogP contribution in [0.5, 0.6) is 0 Å². The van der Waals surface area contributed by atoms with Crippen molar-refractivity contribution in [2.75, 3.05) is 30.1 Å². The van der Waals surface area contributed by atoms with Gasteiger partial charge in [-0.2, -0.15) is 0 Å². The normalized spacial score (nSPS) is 10.6. The first-order valence-electron chi connectivity index (χ1n) is 20.4. The molecule has 0 unspecified atom stereocenters. The maximum Gasteiger partial charge on any atom is 0.356 e. The number of hydrogen-bond donors (Lipinski definition) is 7. The maximum atomic E-state index is 12.6. The second kappa shape index (κ2) is 23.0. The average molecular weight is 941 g/mol. The number of anilines is 4. The molecule has 0 aliphatic carbocycles. The molecule has 6 aromatic heterocycles. The van der Waals surface area contributed by atoms with E-state index in [0.717, 1.165) is 66.6 Å². The van der Waals surface area contributed by atoms with Crippen molar-refractivity contribution >= 4 is 80.4 Å². The lowest BCUT2D eigenvalue weighted by atomic mass is 10.1. The monoisotopic (exact) mass is 939 g/mol. The van der Waals surface area contributed by atoms with Crippen LogP contribution in [0.3, 0.4) is 0 Å². The number of aromatic nitrogens is 8. The number of carbonyl (C=O) groups excluding carboxylic acids is 1. The van der Waals surface area contributed by atoms with Crippen LogP contribution in [0.25, 0.3) is 21.8 Å². The molecule has 2 aromatic carbocycles. The summed E-state index contributed by atoms with van der Waals surface area (Å²) >= 11 is 12.0. The number of nitrogens with zero attached hydrogens (tertiary/aromatic N) is 8. The fourth-order valence-corrected chi connectivity index (χ4v) is 7.17. The predicted molar refractivity (Wildman–Crippen MR) is 261 cm³/mol. The lowest BCUT2D eigenvalue weighted by Crippen LogP contribution is -2.24. The summed E-state index contributed by atoms with van der Waals surface area (Å²) in [7, 11) is -1.00. The van der Waals surface area contributed by atoms with Crippen molar-refractivity contribution in [1.29, 1.82) is 0 Å². The van der Waals surface area contributed by atoms with Gasteiger partial charge in [0.25, 0.3) is 5.91 Å². The zero-order chi connectivity index (χ0) is 48.2. The van der Waals surface area contributed by atoms with E-state index in [1.807, 2.05) is 82.3 Å². The molecule has 12 N–H and O–H groups in total. The highest BCUT2D eigenvalue weighted by atomic mass is 35.5. The number of nitrogens with two attached hydrogens (primary N) is 5. The molecule has 1 amide bonds. The van der Waals surface area contributed by atoms with Crippen LogP contribution < -0.4 is 34.0 Å². The molecule has 8 rings (SSSR count). The van der Waals surface area contributed by atoms with Gasteiger partial charge in [-0.1, -0.05) is 42.8 Å². The molecule has 0 radical (unpaired) electrons. The van der Waals surface area contributed by atoms with E-state index in [0.29, 0.717) is 47.9 Å². The Kier molecular flexibility index (Phi) is 17.3. The van der Waals surface area contributed by atoms with Gasteiger partial charge in [-0.05, 0) is 110 Å². The Hall–Kier alpha value is -7.41. The molecule has 0 aliphatic heterocycles. The van der Waals surface area contributed by atoms with E-state index in [9.17, 15) is 14.0 Å². The Labute approximate surface area is 392 Å². The third-order valence-electron chi connectivity index (χ3n) is 9.97. The summed E-state index contributed by atoms with van der Waals surface area (Å²) in [6, 6.07) is 18.9. The minimum absolute atomic E-state index is 0. The van der Waals surface area contributed by atoms with Crippen molar-refractivity contribution in [3.05, 3.63) is 152 Å². The summed E-state index contributed by atoms with van der Waals surface area (Å²) < 4.78 is 18.8. The topological polar surface area (TPSA) is 284 Å². The molecule has 17 nitrogen and oxygen atoms in total. The smallest absolute Gasteiger partial charge is 0.356 e. The quantitative estimate of drug-likeness (QED) is 0.0733. The van der Waals surface area contributed by atoms with Crippen molar-refractivity contribution in [2.24, 2.45) is 5.73 Å². The van der Waals surface area contributed by atoms with Gasteiger partial charge < -0.3 is 48.2 Å². The van der Waals surface area contributed by atoms with Gasteiger partial charge in [-0.15, -0.1) is 0 Å². The van der Waals surface area contributed by atoms with Gasteiger partial charge >= 0.3 is 5.97 Å². The van der Waals surface area contributed by atoms with Crippen LogP contribution in [0, 0.1) is 27.7 Å². The molecule has 66 heavy (non-hydrogen) atoms.